The van der Waals surface area contributed by atoms with Gasteiger partial charge in [-0.3, -0.25) is 4.99 Å². The van der Waals surface area contributed by atoms with Gasteiger partial charge in [-0.05, 0) is 50.5 Å². The van der Waals surface area contributed by atoms with Crippen LogP contribution in [-0.4, -0.2) is 56.2 Å². The average molecular weight is 461 g/mol. The van der Waals surface area contributed by atoms with Crippen LogP contribution in [0.3, 0.4) is 0 Å². The van der Waals surface area contributed by atoms with E-state index in [1.807, 2.05) is 12.1 Å². The largest absolute Gasteiger partial charge is 0.481 e. The molecule has 7 heteroatoms. The van der Waals surface area contributed by atoms with E-state index in [1.54, 1.807) is 20.4 Å². The highest BCUT2D eigenvalue weighted by Crippen LogP contribution is 2.09. The highest BCUT2D eigenvalue weighted by Gasteiger charge is 2.08. The summed E-state index contributed by atoms with van der Waals surface area (Å²) in [7, 11) is 3.43. The molecule has 25 heavy (non-hydrogen) atoms. The minimum absolute atomic E-state index is 0. The molecular formula is C18H32IN5O. The molecular weight excluding hydrogens is 429 g/mol. The van der Waals surface area contributed by atoms with Crippen molar-refractivity contribution in [1.29, 1.82) is 0 Å². The SMILES string of the molecule is CN=C(NCCCN1CCCCCC1)NCc1ccnc(OC)c1.I. The van der Waals surface area contributed by atoms with Gasteiger partial charge in [0.05, 0.1) is 7.11 Å². The number of nitrogens with one attached hydrogen (secondary N) is 2. The standard InChI is InChI=1S/C18H31N5O.HI/c1-19-18(22-15-16-8-10-20-17(14-16)24-2)21-9-7-13-23-11-5-3-4-6-12-23;/h8,10,14H,3-7,9,11-13,15H2,1-2H3,(H2,19,21,22);1H. The van der Waals surface area contributed by atoms with Crippen molar-refractivity contribution in [2.24, 2.45) is 4.99 Å². The van der Waals surface area contributed by atoms with Gasteiger partial charge in [-0.15, -0.1) is 24.0 Å². The van der Waals surface area contributed by atoms with Crippen LogP contribution in [0.4, 0.5) is 0 Å². The second-order valence-corrected chi connectivity index (χ2v) is 6.17. The summed E-state index contributed by atoms with van der Waals surface area (Å²) in [4.78, 5) is 11.0. The molecule has 0 aromatic carbocycles. The third kappa shape index (κ3) is 8.71. The first-order chi connectivity index (χ1) is 11.8. The molecule has 1 fully saturated rings. The van der Waals surface area contributed by atoms with Crippen molar-refractivity contribution < 1.29 is 4.74 Å². The van der Waals surface area contributed by atoms with Gasteiger partial charge in [-0.1, -0.05) is 12.8 Å². The molecule has 2 rings (SSSR count). The molecule has 0 amide bonds. The maximum atomic E-state index is 5.14. The van der Waals surface area contributed by atoms with E-state index in [0.29, 0.717) is 12.4 Å². The number of halogens is 1. The smallest absolute Gasteiger partial charge is 0.213 e. The molecule has 0 saturated carbocycles. The van der Waals surface area contributed by atoms with Gasteiger partial charge in [0.2, 0.25) is 5.88 Å². The van der Waals surface area contributed by atoms with Crippen LogP contribution < -0.4 is 15.4 Å². The van der Waals surface area contributed by atoms with E-state index in [1.165, 1.54) is 45.3 Å². The van der Waals surface area contributed by atoms with Gasteiger partial charge in [0.1, 0.15) is 0 Å². The first kappa shape index (κ1) is 22.0. The van der Waals surface area contributed by atoms with E-state index in [4.69, 9.17) is 4.74 Å². The number of hydrogen-bond acceptors (Lipinski definition) is 4. The summed E-state index contributed by atoms with van der Waals surface area (Å²) in [6.07, 6.45) is 8.39. The van der Waals surface area contributed by atoms with Crippen molar-refractivity contribution in [2.45, 2.75) is 38.6 Å². The lowest BCUT2D eigenvalue weighted by atomic mass is 10.2. The molecule has 142 valence electrons. The van der Waals surface area contributed by atoms with Crippen LogP contribution in [0.15, 0.2) is 23.3 Å². The van der Waals surface area contributed by atoms with Crippen molar-refractivity contribution in [2.75, 3.05) is 40.3 Å². The summed E-state index contributed by atoms with van der Waals surface area (Å²) >= 11 is 0. The number of likely N-dealkylation sites (tertiary alicyclic amines) is 1. The summed E-state index contributed by atoms with van der Waals surface area (Å²) < 4.78 is 5.14. The summed E-state index contributed by atoms with van der Waals surface area (Å²) in [5.41, 5.74) is 1.12. The van der Waals surface area contributed by atoms with Gasteiger partial charge in [0.15, 0.2) is 5.96 Å². The van der Waals surface area contributed by atoms with Crippen molar-refractivity contribution in [3.63, 3.8) is 0 Å². The Hall–Kier alpha value is -1.09. The lowest BCUT2D eigenvalue weighted by Crippen LogP contribution is -2.38. The third-order valence-electron chi connectivity index (χ3n) is 4.33. The quantitative estimate of drug-likeness (QED) is 0.283. The summed E-state index contributed by atoms with van der Waals surface area (Å²) in [6.45, 7) is 5.33. The summed E-state index contributed by atoms with van der Waals surface area (Å²) in [5, 5.41) is 6.72. The zero-order chi connectivity index (χ0) is 17.0. The van der Waals surface area contributed by atoms with E-state index >= 15 is 0 Å². The van der Waals surface area contributed by atoms with Crippen LogP contribution >= 0.6 is 24.0 Å². The second-order valence-electron chi connectivity index (χ2n) is 6.17. The molecule has 2 heterocycles. The third-order valence-corrected chi connectivity index (χ3v) is 4.33. The monoisotopic (exact) mass is 461 g/mol. The van der Waals surface area contributed by atoms with Crippen LogP contribution in [0, 0.1) is 0 Å². The first-order valence-corrected chi connectivity index (χ1v) is 8.97. The van der Waals surface area contributed by atoms with Crippen molar-refractivity contribution in [1.82, 2.24) is 20.5 Å². The Kier molecular flexibility index (Phi) is 11.6. The van der Waals surface area contributed by atoms with Gasteiger partial charge >= 0.3 is 0 Å². The van der Waals surface area contributed by atoms with E-state index < -0.39 is 0 Å². The normalized spacial score (nSPS) is 15.8. The predicted octanol–water partition coefficient (Wildman–Crippen LogP) is 2.64. The summed E-state index contributed by atoms with van der Waals surface area (Å²) in [6, 6.07) is 3.90. The molecule has 1 aromatic heterocycles. The minimum Gasteiger partial charge on any atom is -0.481 e. The second kappa shape index (κ2) is 13.2. The number of rotatable bonds is 7. The predicted molar refractivity (Wildman–Crippen MR) is 114 cm³/mol. The number of aromatic nitrogens is 1. The maximum absolute atomic E-state index is 5.14. The summed E-state index contributed by atoms with van der Waals surface area (Å²) in [5.74, 6) is 1.47. The van der Waals surface area contributed by atoms with E-state index in [-0.39, 0.29) is 24.0 Å². The molecule has 2 N–H and O–H groups in total. The van der Waals surface area contributed by atoms with Gasteiger partial charge in [-0.2, -0.15) is 0 Å². The van der Waals surface area contributed by atoms with Gasteiger partial charge < -0.3 is 20.3 Å². The molecule has 0 unspecified atom stereocenters. The van der Waals surface area contributed by atoms with Gasteiger partial charge in [0.25, 0.3) is 0 Å². The maximum Gasteiger partial charge on any atom is 0.213 e. The molecule has 1 saturated heterocycles. The molecule has 0 radical (unpaired) electrons. The van der Waals surface area contributed by atoms with Crippen molar-refractivity contribution in [3.8, 4) is 5.88 Å². The Morgan fingerprint density at radius 3 is 2.68 bits per heavy atom. The van der Waals surface area contributed by atoms with Crippen LogP contribution in [0.2, 0.25) is 0 Å². The lowest BCUT2D eigenvalue weighted by Gasteiger charge is -2.20. The number of nitrogens with zero attached hydrogens (tertiary/aromatic N) is 3. The molecule has 0 atom stereocenters. The Labute approximate surface area is 168 Å². The average Bonchev–Trinajstić information content (AvgIpc) is 2.90. The molecule has 0 spiro atoms. The van der Waals surface area contributed by atoms with E-state index in [0.717, 1.165) is 24.5 Å². The van der Waals surface area contributed by atoms with Crippen LogP contribution in [0.1, 0.15) is 37.7 Å². The van der Waals surface area contributed by atoms with E-state index in [9.17, 15) is 0 Å². The fraction of sp³-hybridized carbons (Fsp3) is 0.667. The number of ether oxygens (including phenoxy) is 1. The molecule has 0 aliphatic carbocycles. The zero-order valence-electron chi connectivity index (χ0n) is 15.5. The van der Waals surface area contributed by atoms with Crippen molar-refractivity contribution in [3.05, 3.63) is 23.9 Å². The Morgan fingerprint density at radius 2 is 2.00 bits per heavy atom. The Balaban J connectivity index is 0.00000312. The molecule has 1 aliphatic rings. The van der Waals surface area contributed by atoms with Crippen LogP contribution in [0.25, 0.3) is 0 Å². The number of hydrogen-bond donors (Lipinski definition) is 2. The number of methoxy groups -OCH3 is 1. The molecule has 1 aliphatic heterocycles. The molecule has 1 aromatic rings. The number of guanidine groups is 1. The molecule has 6 nitrogen and oxygen atoms in total. The van der Waals surface area contributed by atoms with Crippen LogP contribution in [0.5, 0.6) is 5.88 Å². The highest BCUT2D eigenvalue weighted by atomic mass is 127. The minimum atomic E-state index is 0. The van der Waals surface area contributed by atoms with Crippen LogP contribution in [-0.2, 0) is 6.54 Å². The highest BCUT2D eigenvalue weighted by molar-refractivity contribution is 14.0. The lowest BCUT2D eigenvalue weighted by molar-refractivity contribution is 0.282. The zero-order valence-corrected chi connectivity index (χ0v) is 17.8. The Bertz CT molecular complexity index is 504. The van der Waals surface area contributed by atoms with E-state index in [2.05, 4.69) is 25.5 Å². The fourth-order valence-corrected chi connectivity index (χ4v) is 2.95. The first-order valence-electron chi connectivity index (χ1n) is 8.97. The van der Waals surface area contributed by atoms with Gasteiger partial charge in [0, 0.05) is 32.4 Å². The van der Waals surface area contributed by atoms with Crippen molar-refractivity contribution >= 4 is 29.9 Å². The topological polar surface area (TPSA) is 61.8 Å². The fourth-order valence-electron chi connectivity index (χ4n) is 2.95. The number of aliphatic imine (C=N–C) groups is 1. The molecule has 0 bridgehead atoms. The Morgan fingerprint density at radius 1 is 1.24 bits per heavy atom. The van der Waals surface area contributed by atoms with Gasteiger partial charge in [-0.25, -0.2) is 4.98 Å². The number of pyridine rings is 1.